The SMILES string of the molecule is CCC(C)c1ccc(NC(N)=NCC2(C)CCC(=O)N2)cc1. The van der Waals surface area contributed by atoms with Crippen LogP contribution in [-0.4, -0.2) is 24.0 Å². The average molecular weight is 302 g/mol. The van der Waals surface area contributed by atoms with Crippen LogP contribution in [0, 0.1) is 0 Å². The highest BCUT2D eigenvalue weighted by Gasteiger charge is 2.32. The molecule has 0 aromatic heterocycles. The average Bonchev–Trinajstić information content (AvgIpc) is 2.85. The fourth-order valence-electron chi connectivity index (χ4n) is 2.55. The number of hydrogen-bond acceptors (Lipinski definition) is 2. The van der Waals surface area contributed by atoms with E-state index in [0.717, 1.165) is 18.5 Å². The minimum Gasteiger partial charge on any atom is -0.370 e. The van der Waals surface area contributed by atoms with Gasteiger partial charge in [-0.3, -0.25) is 9.79 Å². The van der Waals surface area contributed by atoms with E-state index in [-0.39, 0.29) is 11.4 Å². The highest BCUT2D eigenvalue weighted by molar-refractivity contribution is 5.92. The van der Waals surface area contributed by atoms with Gasteiger partial charge in [0.1, 0.15) is 0 Å². The van der Waals surface area contributed by atoms with Gasteiger partial charge < -0.3 is 16.4 Å². The first-order chi connectivity index (χ1) is 10.4. The molecule has 1 fully saturated rings. The molecular weight excluding hydrogens is 276 g/mol. The van der Waals surface area contributed by atoms with Crippen molar-refractivity contribution in [2.24, 2.45) is 10.7 Å². The number of guanidine groups is 1. The second-order valence-electron chi connectivity index (χ2n) is 6.37. The molecule has 5 heteroatoms. The molecular formula is C17H26N4O. The first kappa shape index (κ1) is 16.3. The van der Waals surface area contributed by atoms with Crippen LogP contribution in [0.2, 0.25) is 0 Å². The van der Waals surface area contributed by atoms with Crippen LogP contribution in [0.15, 0.2) is 29.3 Å². The summed E-state index contributed by atoms with van der Waals surface area (Å²) in [6.45, 7) is 6.89. The van der Waals surface area contributed by atoms with Crippen LogP contribution >= 0.6 is 0 Å². The van der Waals surface area contributed by atoms with Gasteiger partial charge in [-0.05, 0) is 43.4 Å². The molecule has 2 rings (SSSR count). The molecule has 4 N–H and O–H groups in total. The van der Waals surface area contributed by atoms with Crippen LogP contribution in [0.25, 0.3) is 0 Å². The quantitative estimate of drug-likeness (QED) is 0.578. The number of carbonyl (C=O) groups excluding carboxylic acids is 1. The van der Waals surface area contributed by atoms with Crippen molar-refractivity contribution < 1.29 is 4.79 Å². The zero-order valence-electron chi connectivity index (χ0n) is 13.6. The highest BCUT2D eigenvalue weighted by Crippen LogP contribution is 2.21. The van der Waals surface area contributed by atoms with E-state index in [1.165, 1.54) is 5.56 Å². The molecule has 1 aromatic rings. The highest BCUT2D eigenvalue weighted by atomic mass is 16.2. The number of nitrogens with two attached hydrogens (primary N) is 1. The Morgan fingerprint density at radius 3 is 2.68 bits per heavy atom. The minimum absolute atomic E-state index is 0.0878. The van der Waals surface area contributed by atoms with Crippen LogP contribution < -0.4 is 16.4 Å². The van der Waals surface area contributed by atoms with Crippen LogP contribution in [0.5, 0.6) is 0 Å². The minimum atomic E-state index is -0.274. The molecule has 1 aliphatic heterocycles. The number of rotatable bonds is 5. The molecule has 1 heterocycles. The van der Waals surface area contributed by atoms with Gasteiger partial charge in [0.2, 0.25) is 5.91 Å². The molecule has 0 radical (unpaired) electrons. The molecule has 5 nitrogen and oxygen atoms in total. The van der Waals surface area contributed by atoms with Crippen molar-refractivity contribution in [1.82, 2.24) is 5.32 Å². The van der Waals surface area contributed by atoms with Crippen LogP contribution in [0.1, 0.15) is 51.5 Å². The zero-order valence-corrected chi connectivity index (χ0v) is 13.6. The zero-order chi connectivity index (χ0) is 16.2. The molecule has 0 saturated carbocycles. The molecule has 120 valence electrons. The normalized spacial score (nSPS) is 23.2. The van der Waals surface area contributed by atoms with E-state index < -0.39 is 0 Å². The van der Waals surface area contributed by atoms with Crippen molar-refractivity contribution in [3.8, 4) is 0 Å². The van der Waals surface area contributed by atoms with Gasteiger partial charge in [0, 0.05) is 12.1 Å². The fraction of sp³-hybridized carbons (Fsp3) is 0.529. The van der Waals surface area contributed by atoms with E-state index in [0.29, 0.717) is 24.8 Å². The molecule has 1 aliphatic rings. The van der Waals surface area contributed by atoms with Gasteiger partial charge in [0.15, 0.2) is 5.96 Å². The number of benzene rings is 1. The standard InChI is InChI=1S/C17H26N4O/c1-4-12(2)13-5-7-14(8-6-13)20-16(18)19-11-17(3)10-9-15(22)21-17/h5-8,12H,4,9-11H2,1-3H3,(H,21,22)(H3,18,19,20). The second kappa shape index (κ2) is 6.81. The lowest BCUT2D eigenvalue weighted by molar-refractivity contribution is -0.119. The third kappa shape index (κ3) is 4.23. The first-order valence-electron chi connectivity index (χ1n) is 7.90. The third-order valence-corrected chi connectivity index (χ3v) is 4.31. The Kier molecular flexibility index (Phi) is 5.06. The number of nitrogens with zero attached hydrogens (tertiary/aromatic N) is 1. The molecule has 22 heavy (non-hydrogen) atoms. The van der Waals surface area contributed by atoms with Gasteiger partial charge in [-0.15, -0.1) is 0 Å². The topological polar surface area (TPSA) is 79.5 Å². The summed E-state index contributed by atoms with van der Waals surface area (Å²) in [5, 5.41) is 6.04. The maximum atomic E-state index is 11.3. The smallest absolute Gasteiger partial charge is 0.220 e. The number of anilines is 1. The summed E-state index contributed by atoms with van der Waals surface area (Å²) >= 11 is 0. The van der Waals surface area contributed by atoms with E-state index in [2.05, 4.69) is 41.6 Å². The summed E-state index contributed by atoms with van der Waals surface area (Å²) in [5.74, 6) is 1.02. The Labute approximate surface area is 132 Å². The van der Waals surface area contributed by atoms with Crippen molar-refractivity contribution in [1.29, 1.82) is 0 Å². The molecule has 1 saturated heterocycles. The number of hydrogen-bond donors (Lipinski definition) is 3. The second-order valence-corrected chi connectivity index (χ2v) is 6.37. The van der Waals surface area contributed by atoms with Gasteiger partial charge in [-0.2, -0.15) is 0 Å². The molecule has 0 bridgehead atoms. The van der Waals surface area contributed by atoms with E-state index in [9.17, 15) is 4.79 Å². The number of carbonyl (C=O) groups is 1. The fourth-order valence-corrected chi connectivity index (χ4v) is 2.55. The Bertz CT molecular complexity index is 552. The summed E-state index contributed by atoms with van der Waals surface area (Å²) in [6, 6.07) is 8.26. The lowest BCUT2D eigenvalue weighted by Gasteiger charge is -2.21. The maximum absolute atomic E-state index is 11.3. The summed E-state index contributed by atoms with van der Waals surface area (Å²) < 4.78 is 0. The molecule has 1 amide bonds. The van der Waals surface area contributed by atoms with Gasteiger partial charge in [-0.1, -0.05) is 26.0 Å². The third-order valence-electron chi connectivity index (χ3n) is 4.31. The Balaban J connectivity index is 1.92. The molecule has 0 spiro atoms. The maximum Gasteiger partial charge on any atom is 0.220 e. The number of nitrogens with one attached hydrogen (secondary N) is 2. The van der Waals surface area contributed by atoms with E-state index in [1.807, 2.05) is 19.1 Å². The molecule has 2 atom stereocenters. The summed E-state index contributed by atoms with van der Waals surface area (Å²) in [6.07, 6.45) is 2.49. The monoisotopic (exact) mass is 302 g/mol. The summed E-state index contributed by atoms with van der Waals surface area (Å²) in [4.78, 5) is 15.6. The van der Waals surface area contributed by atoms with Gasteiger partial charge in [-0.25, -0.2) is 0 Å². The Morgan fingerprint density at radius 1 is 1.45 bits per heavy atom. The van der Waals surface area contributed by atoms with Crippen LogP contribution in [-0.2, 0) is 4.79 Å². The lowest BCUT2D eigenvalue weighted by Crippen LogP contribution is -2.42. The van der Waals surface area contributed by atoms with Gasteiger partial charge >= 0.3 is 0 Å². The van der Waals surface area contributed by atoms with Crippen LogP contribution in [0.4, 0.5) is 5.69 Å². The molecule has 0 aliphatic carbocycles. The predicted molar refractivity (Wildman–Crippen MR) is 91.0 cm³/mol. The van der Waals surface area contributed by atoms with Crippen molar-refractivity contribution in [2.75, 3.05) is 11.9 Å². The van der Waals surface area contributed by atoms with Gasteiger partial charge in [0.05, 0.1) is 12.1 Å². The van der Waals surface area contributed by atoms with Crippen LogP contribution in [0.3, 0.4) is 0 Å². The van der Waals surface area contributed by atoms with E-state index in [1.54, 1.807) is 0 Å². The molecule has 2 unspecified atom stereocenters. The van der Waals surface area contributed by atoms with E-state index in [4.69, 9.17) is 5.73 Å². The lowest BCUT2D eigenvalue weighted by atomic mass is 9.99. The number of aliphatic imine (C=N–C) groups is 1. The Hall–Kier alpha value is -2.04. The predicted octanol–water partition coefficient (Wildman–Crippen LogP) is 2.60. The van der Waals surface area contributed by atoms with Crippen molar-refractivity contribution in [3.63, 3.8) is 0 Å². The summed E-state index contributed by atoms with van der Waals surface area (Å²) in [5.41, 5.74) is 7.90. The van der Waals surface area contributed by atoms with Gasteiger partial charge in [0.25, 0.3) is 0 Å². The molecule has 1 aromatic carbocycles. The van der Waals surface area contributed by atoms with Crippen molar-refractivity contribution in [2.45, 2.75) is 51.5 Å². The first-order valence-corrected chi connectivity index (χ1v) is 7.90. The number of amides is 1. The largest absolute Gasteiger partial charge is 0.370 e. The van der Waals surface area contributed by atoms with E-state index >= 15 is 0 Å². The summed E-state index contributed by atoms with van der Waals surface area (Å²) in [7, 11) is 0. The van der Waals surface area contributed by atoms with Crippen molar-refractivity contribution in [3.05, 3.63) is 29.8 Å². The van der Waals surface area contributed by atoms with Crippen molar-refractivity contribution >= 4 is 17.6 Å². The Morgan fingerprint density at radius 2 is 2.14 bits per heavy atom.